The molecule has 6 heteroatoms. The van der Waals surface area contributed by atoms with E-state index >= 15 is 0 Å². The van der Waals surface area contributed by atoms with Gasteiger partial charge in [-0.25, -0.2) is 0 Å². The quantitative estimate of drug-likeness (QED) is 0.367. The van der Waals surface area contributed by atoms with Crippen molar-refractivity contribution < 1.29 is 19.2 Å². The summed E-state index contributed by atoms with van der Waals surface area (Å²) >= 11 is 0. The van der Waals surface area contributed by atoms with Crippen LogP contribution < -0.4 is 0 Å². The fourth-order valence-electron chi connectivity index (χ4n) is 3.62. The molecule has 0 radical (unpaired) electrons. The number of nitrogens with zero attached hydrogens (tertiary/aromatic N) is 4. The third-order valence-electron chi connectivity index (χ3n) is 5.05. The summed E-state index contributed by atoms with van der Waals surface area (Å²) in [7, 11) is 12.8. The standard InChI is InChI=1S/C28H34N4O2/c1-31(2,3)19-21-7-13-27(33)23(15-21)17-29-25-9-11-26(12-10-25)30-18-24-16-22(8-14-28(24)34)20-32(4,5)6/h7-18H,19-20H2,1-6H3/p+2. The van der Waals surface area contributed by atoms with E-state index in [1.165, 1.54) is 0 Å². The lowest BCUT2D eigenvalue weighted by Crippen LogP contribution is -2.33. The minimum Gasteiger partial charge on any atom is -0.507 e. The fourth-order valence-corrected chi connectivity index (χ4v) is 3.62. The van der Waals surface area contributed by atoms with Gasteiger partial charge in [-0.3, -0.25) is 9.98 Å². The number of rotatable bonds is 8. The zero-order valence-electron chi connectivity index (χ0n) is 21.0. The highest BCUT2D eigenvalue weighted by Crippen LogP contribution is 2.23. The summed E-state index contributed by atoms with van der Waals surface area (Å²) < 4.78 is 1.61. The molecule has 0 spiro atoms. The van der Waals surface area contributed by atoms with Crippen molar-refractivity contribution in [3.8, 4) is 11.5 Å². The molecular weight excluding hydrogens is 424 g/mol. The smallest absolute Gasteiger partial charge is 0.124 e. The molecule has 0 aliphatic rings. The van der Waals surface area contributed by atoms with Gasteiger partial charge in [0, 0.05) is 34.7 Å². The molecule has 0 heterocycles. The Balaban J connectivity index is 1.72. The number of phenolic OH excluding ortho intramolecular Hbond substituents is 2. The second-order valence-corrected chi connectivity index (χ2v) is 10.7. The van der Waals surface area contributed by atoms with Crippen LogP contribution in [0.3, 0.4) is 0 Å². The number of phenols is 2. The normalized spacial score (nSPS) is 12.6. The predicted molar refractivity (Wildman–Crippen MR) is 141 cm³/mol. The van der Waals surface area contributed by atoms with Crippen LogP contribution >= 0.6 is 0 Å². The molecule has 0 aliphatic heterocycles. The van der Waals surface area contributed by atoms with E-state index in [-0.39, 0.29) is 11.5 Å². The Labute approximate surface area is 203 Å². The number of quaternary nitrogens is 2. The van der Waals surface area contributed by atoms with Crippen molar-refractivity contribution in [2.24, 2.45) is 9.98 Å². The van der Waals surface area contributed by atoms with Crippen LogP contribution in [0.5, 0.6) is 11.5 Å². The van der Waals surface area contributed by atoms with Crippen LogP contribution in [0.2, 0.25) is 0 Å². The van der Waals surface area contributed by atoms with Crippen LogP contribution in [-0.4, -0.2) is 73.9 Å². The van der Waals surface area contributed by atoms with Gasteiger partial charge in [0.05, 0.1) is 53.7 Å². The Hall–Kier alpha value is -3.48. The largest absolute Gasteiger partial charge is 0.507 e. The second-order valence-electron chi connectivity index (χ2n) is 10.7. The Morgan fingerprint density at radius 2 is 0.941 bits per heavy atom. The number of benzene rings is 3. The van der Waals surface area contributed by atoms with Crippen molar-refractivity contribution in [3.63, 3.8) is 0 Å². The molecule has 0 atom stereocenters. The molecule has 3 aromatic rings. The minimum absolute atomic E-state index is 0.211. The first-order valence-corrected chi connectivity index (χ1v) is 11.3. The monoisotopic (exact) mass is 460 g/mol. The molecule has 34 heavy (non-hydrogen) atoms. The van der Waals surface area contributed by atoms with Gasteiger partial charge in [0.15, 0.2) is 0 Å². The van der Waals surface area contributed by atoms with Crippen LogP contribution in [0.4, 0.5) is 11.4 Å². The lowest BCUT2D eigenvalue weighted by Gasteiger charge is -2.24. The molecule has 0 amide bonds. The number of aliphatic imine (C=N–C) groups is 2. The van der Waals surface area contributed by atoms with E-state index < -0.39 is 0 Å². The molecule has 6 nitrogen and oxygen atoms in total. The van der Waals surface area contributed by atoms with Crippen molar-refractivity contribution >= 4 is 23.8 Å². The topological polar surface area (TPSA) is 65.2 Å². The predicted octanol–water partition coefficient (Wildman–Crippen LogP) is 5.01. The highest BCUT2D eigenvalue weighted by Gasteiger charge is 2.11. The van der Waals surface area contributed by atoms with Gasteiger partial charge in [-0.2, -0.15) is 0 Å². The van der Waals surface area contributed by atoms with Gasteiger partial charge in [0.1, 0.15) is 24.6 Å². The SMILES string of the molecule is C[N+](C)(C)Cc1ccc(O)c(C=Nc2ccc(N=Cc3cc(C[N+](C)(C)C)ccc3O)cc2)c1. The van der Waals surface area contributed by atoms with E-state index in [1.54, 1.807) is 24.6 Å². The van der Waals surface area contributed by atoms with Crippen LogP contribution in [-0.2, 0) is 13.1 Å². The first kappa shape index (κ1) is 25.1. The summed E-state index contributed by atoms with van der Waals surface area (Å²) in [5.74, 6) is 0.421. The lowest BCUT2D eigenvalue weighted by atomic mass is 10.1. The van der Waals surface area contributed by atoms with Crippen LogP contribution in [0.25, 0.3) is 0 Å². The van der Waals surface area contributed by atoms with Gasteiger partial charge in [-0.15, -0.1) is 0 Å². The Morgan fingerprint density at radius 3 is 1.26 bits per heavy atom. The summed E-state index contributed by atoms with van der Waals surface area (Å²) in [4.78, 5) is 9.02. The van der Waals surface area contributed by atoms with E-state index in [1.807, 2.05) is 48.5 Å². The molecule has 0 saturated heterocycles. The maximum atomic E-state index is 10.2. The maximum Gasteiger partial charge on any atom is 0.124 e. The summed E-state index contributed by atoms with van der Waals surface area (Å²) in [6, 6.07) is 18.8. The van der Waals surface area contributed by atoms with Crippen molar-refractivity contribution in [3.05, 3.63) is 82.9 Å². The van der Waals surface area contributed by atoms with Crippen LogP contribution in [0.15, 0.2) is 70.6 Å². The number of hydrogen-bond acceptors (Lipinski definition) is 4. The summed E-state index contributed by atoms with van der Waals surface area (Å²) in [5.41, 5.74) is 5.20. The molecule has 0 aromatic heterocycles. The molecule has 0 aliphatic carbocycles. The molecule has 3 aromatic carbocycles. The molecule has 0 fully saturated rings. The van der Waals surface area contributed by atoms with Crippen molar-refractivity contribution in [2.75, 3.05) is 42.3 Å². The van der Waals surface area contributed by atoms with Crippen LogP contribution in [0.1, 0.15) is 22.3 Å². The second kappa shape index (κ2) is 10.2. The highest BCUT2D eigenvalue weighted by molar-refractivity contribution is 5.86. The molecular formula is C28H36N4O2+2. The Morgan fingerprint density at radius 1 is 0.588 bits per heavy atom. The van der Waals surface area contributed by atoms with E-state index in [0.29, 0.717) is 11.1 Å². The van der Waals surface area contributed by atoms with E-state index in [4.69, 9.17) is 0 Å². The zero-order chi connectivity index (χ0) is 24.9. The molecule has 2 N–H and O–H groups in total. The summed E-state index contributed by atoms with van der Waals surface area (Å²) in [6.07, 6.45) is 3.37. The van der Waals surface area contributed by atoms with Crippen LogP contribution in [0, 0.1) is 0 Å². The summed E-state index contributed by atoms with van der Waals surface area (Å²) in [5, 5.41) is 20.4. The zero-order valence-corrected chi connectivity index (χ0v) is 21.0. The van der Waals surface area contributed by atoms with Gasteiger partial charge >= 0.3 is 0 Å². The van der Waals surface area contributed by atoms with E-state index in [2.05, 4.69) is 52.3 Å². The van der Waals surface area contributed by atoms with Crippen molar-refractivity contribution in [1.82, 2.24) is 0 Å². The van der Waals surface area contributed by atoms with Gasteiger partial charge in [0.25, 0.3) is 0 Å². The number of hydrogen-bond donors (Lipinski definition) is 2. The van der Waals surface area contributed by atoms with Crippen molar-refractivity contribution in [1.29, 1.82) is 0 Å². The molecule has 178 valence electrons. The Kier molecular flexibility index (Phi) is 7.54. The van der Waals surface area contributed by atoms with Gasteiger partial charge in [-0.1, -0.05) is 0 Å². The third kappa shape index (κ3) is 7.83. The highest BCUT2D eigenvalue weighted by atomic mass is 16.3. The fraction of sp³-hybridized carbons (Fsp3) is 0.286. The van der Waals surface area contributed by atoms with E-state index in [9.17, 15) is 10.2 Å². The summed E-state index contributed by atoms with van der Waals surface area (Å²) in [6.45, 7) is 1.73. The van der Waals surface area contributed by atoms with Gasteiger partial charge < -0.3 is 19.2 Å². The minimum atomic E-state index is 0.211. The molecule has 3 rings (SSSR count). The molecule has 0 bridgehead atoms. The molecule has 0 saturated carbocycles. The number of aromatic hydroxyl groups is 2. The maximum absolute atomic E-state index is 10.2. The third-order valence-corrected chi connectivity index (χ3v) is 5.05. The van der Waals surface area contributed by atoms with Gasteiger partial charge in [0.2, 0.25) is 0 Å². The lowest BCUT2D eigenvalue weighted by molar-refractivity contribution is -0.884. The van der Waals surface area contributed by atoms with E-state index in [0.717, 1.165) is 44.6 Å². The average molecular weight is 461 g/mol. The van der Waals surface area contributed by atoms with Gasteiger partial charge in [-0.05, 0) is 60.7 Å². The van der Waals surface area contributed by atoms with Crippen molar-refractivity contribution in [2.45, 2.75) is 13.1 Å². The first-order valence-electron chi connectivity index (χ1n) is 11.3. The average Bonchev–Trinajstić information content (AvgIpc) is 2.73. The Bertz CT molecular complexity index is 1090. The molecule has 0 unspecified atom stereocenters. The first-order chi connectivity index (χ1) is 15.9.